The van der Waals surface area contributed by atoms with E-state index in [1.165, 1.54) is 5.56 Å². The summed E-state index contributed by atoms with van der Waals surface area (Å²) in [5.41, 5.74) is 1.24. The van der Waals surface area contributed by atoms with Gasteiger partial charge in [-0.05, 0) is 30.5 Å². The zero-order valence-corrected chi connectivity index (χ0v) is 18.3. The maximum Gasteiger partial charge on any atom is 0.490 e. The Morgan fingerprint density at radius 1 is 1.28 bits per heavy atom. The summed E-state index contributed by atoms with van der Waals surface area (Å²) in [6.45, 7) is 2.62. The predicted molar refractivity (Wildman–Crippen MR) is 108 cm³/mol. The molecule has 32 heavy (non-hydrogen) atoms. The van der Waals surface area contributed by atoms with E-state index in [4.69, 9.17) is 24.1 Å². The van der Waals surface area contributed by atoms with Crippen molar-refractivity contribution in [3.63, 3.8) is 0 Å². The van der Waals surface area contributed by atoms with Crippen LogP contribution in [-0.2, 0) is 25.6 Å². The van der Waals surface area contributed by atoms with Crippen LogP contribution in [0.25, 0.3) is 0 Å². The minimum Gasteiger partial charge on any atom is -0.497 e. The standard InChI is InChI=1S/C19H28N2O4.C2HF3O2/c1-20(2)18(22)13-25-17-8-7-16-19(17)24-10-9-21(16)12-14-5-4-6-15(11-14)23-3;3-2(4,5)1(6)7/h4-6,11,16-17,19H,7-10,12-13H2,1-3H3;(H,6,7)/t16-,17+,19+;/m0./s1. The first-order valence-corrected chi connectivity index (χ1v) is 10.1. The number of ether oxygens (including phenoxy) is 3. The maximum absolute atomic E-state index is 11.8. The number of fused-ring (bicyclic) bond motifs is 1. The molecule has 3 rings (SSSR count). The number of benzene rings is 1. The molecule has 0 spiro atoms. The number of aliphatic carboxylic acids is 1. The number of carbonyl (C=O) groups excluding carboxylic acids is 1. The molecule has 1 saturated carbocycles. The van der Waals surface area contributed by atoms with Crippen LogP contribution in [0.2, 0.25) is 0 Å². The molecule has 0 bridgehead atoms. The first kappa shape index (κ1) is 25.9. The van der Waals surface area contributed by atoms with Crippen LogP contribution in [0.3, 0.4) is 0 Å². The average molecular weight is 462 g/mol. The molecule has 1 N–H and O–H groups in total. The quantitative estimate of drug-likeness (QED) is 0.693. The molecule has 2 aliphatic rings. The number of hydrogen-bond acceptors (Lipinski definition) is 6. The average Bonchev–Trinajstić information content (AvgIpc) is 3.16. The lowest BCUT2D eigenvalue weighted by atomic mass is 10.1. The fourth-order valence-electron chi connectivity index (χ4n) is 3.68. The zero-order valence-electron chi connectivity index (χ0n) is 18.3. The van der Waals surface area contributed by atoms with Crippen molar-refractivity contribution in [1.82, 2.24) is 9.80 Å². The topological polar surface area (TPSA) is 88.5 Å². The summed E-state index contributed by atoms with van der Waals surface area (Å²) in [4.78, 5) is 24.7. The second-order valence-corrected chi connectivity index (χ2v) is 7.74. The molecule has 0 aromatic heterocycles. The third kappa shape index (κ3) is 7.35. The van der Waals surface area contributed by atoms with E-state index in [2.05, 4.69) is 17.0 Å². The van der Waals surface area contributed by atoms with E-state index >= 15 is 0 Å². The number of halogens is 3. The molecular weight excluding hydrogens is 433 g/mol. The van der Waals surface area contributed by atoms with Crippen LogP contribution in [0.1, 0.15) is 18.4 Å². The Balaban J connectivity index is 0.000000451. The summed E-state index contributed by atoms with van der Waals surface area (Å²) in [5, 5.41) is 7.12. The molecule has 1 heterocycles. The summed E-state index contributed by atoms with van der Waals surface area (Å²) in [5.74, 6) is -1.88. The van der Waals surface area contributed by atoms with E-state index in [1.54, 1.807) is 26.1 Å². The van der Waals surface area contributed by atoms with Gasteiger partial charge in [-0.1, -0.05) is 12.1 Å². The van der Waals surface area contributed by atoms with Crippen molar-refractivity contribution in [3.05, 3.63) is 29.8 Å². The number of rotatable bonds is 6. The molecule has 1 aromatic carbocycles. The second-order valence-electron chi connectivity index (χ2n) is 7.74. The Morgan fingerprint density at radius 2 is 1.97 bits per heavy atom. The van der Waals surface area contributed by atoms with Crippen LogP contribution in [0.5, 0.6) is 5.75 Å². The number of amides is 1. The molecule has 1 saturated heterocycles. The normalized spacial score (nSPS) is 23.0. The number of hydrogen-bond donors (Lipinski definition) is 1. The Morgan fingerprint density at radius 3 is 2.56 bits per heavy atom. The third-order valence-corrected chi connectivity index (χ3v) is 5.33. The van der Waals surface area contributed by atoms with Gasteiger partial charge in [0.15, 0.2) is 0 Å². The van der Waals surface area contributed by atoms with Crippen LogP contribution in [0.15, 0.2) is 24.3 Å². The molecule has 180 valence electrons. The highest BCUT2D eigenvalue weighted by Crippen LogP contribution is 2.33. The maximum atomic E-state index is 11.8. The highest BCUT2D eigenvalue weighted by atomic mass is 19.4. The van der Waals surface area contributed by atoms with Gasteiger partial charge in [-0.25, -0.2) is 4.79 Å². The Labute approximate surface area is 184 Å². The van der Waals surface area contributed by atoms with Crippen LogP contribution < -0.4 is 4.74 Å². The Hall–Kier alpha value is -2.37. The van der Waals surface area contributed by atoms with Gasteiger partial charge < -0.3 is 24.2 Å². The molecule has 1 aliphatic carbocycles. The number of carbonyl (C=O) groups is 2. The van der Waals surface area contributed by atoms with Crippen molar-refractivity contribution in [1.29, 1.82) is 0 Å². The van der Waals surface area contributed by atoms with Crippen LogP contribution in [0, 0.1) is 0 Å². The highest BCUT2D eigenvalue weighted by molar-refractivity contribution is 5.76. The zero-order chi connectivity index (χ0) is 23.9. The number of morpholine rings is 1. The van der Waals surface area contributed by atoms with E-state index in [-0.39, 0.29) is 24.7 Å². The highest BCUT2D eigenvalue weighted by Gasteiger charge is 2.43. The minimum absolute atomic E-state index is 0.00186. The summed E-state index contributed by atoms with van der Waals surface area (Å²) >= 11 is 0. The molecule has 11 heteroatoms. The molecule has 1 aliphatic heterocycles. The summed E-state index contributed by atoms with van der Waals surface area (Å²) in [7, 11) is 5.18. The van der Waals surface area contributed by atoms with Crippen LogP contribution in [-0.4, -0.2) is 92.2 Å². The van der Waals surface area contributed by atoms with Crippen molar-refractivity contribution in [2.45, 2.75) is 43.8 Å². The van der Waals surface area contributed by atoms with E-state index in [0.717, 1.165) is 31.7 Å². The van der Waals surface area contributed by atoms with E-state index in [9.17, 15) is 18.0 Å². The largest absolute Gasteiger partial charge is 0.497 e. The van der Waals surface area contributed by atoms with Gasteiger partial charge in [0.25, 0.3) is 0 Å². The van der Waals surface area contributed by atoms with Gasteiger partial charge in [-0.15, -0.1) is 0 Å². The summed E-state index contributed by atoms with van der Waals surface area (Å²) in [6, 6.07) is 8.56. The SMILES string of the molecule is COc1cccc(CN2CCO[C@H]3[C@H](OCC(=O)N(C)C)CC[C@@H]32)c1.O=C(O)C(F)(F)F. The van der Waals surface area contributed by atoms with E-state index in [0.29, 0.717) is 12.6 Å². The fourth-order valence-corrected chi connectivity index (χ4v) is 3.68. The van der Waals surface area contributed by atoms with E-state index in [1.807, 2.05) is 12.1 Å². The summed E-state index contributed by atoms with van der Waals surface area (Å²) in [6.07, 6.45) is -3.06. The van der Waals surface area contributed by atoms with Gasteiger partial charge in [0, 0.05) is 33.2 Å². The van der Waals surface area contributed by atoms with Gasteiger partial charge in [-0.3, -0.25) is 9.69 Å². The lowest BCUT2D eigenvalue weighted by Gasteiger charge is -2.39. The van der Waals surface area contributed by atoms with Crippen molar-refractivity contribution < 1.29 is 42.1 Å². The number of nitrogens with zero attached hydrogens (tertiary/aromatic N) is 2. The first-order chi connectivity index (χ1) is 15.0. The monoisotopic (exact) mass is 462 g/mol. The first-order valence-electron chi connectivity index (χ1n) is 10.1. The number of methoxy groups -OCH3 is 1. The van der Waals surface area contributed by atoms with Crippen molar-refractivity contribution >= 4 is 11.9 Å². The van der Waals surface area contributed by atoms with E-state index < -0.39 is 12.1 Å². The van der Waals surface area contributed by atoms with Crippen LogP contribution >= 0.6 is 0 Å². The molecular formula is C21H29F3N2O6. The lowest BCUT2D eigenvalue weighted by molar-refractivity contribution is -0.192. The number of likely N-dealkylation sites (N-methyl/N-ethyl adjacent to an activating group) is 1. The molecule has 3 atom stereocenters. The Kier molecular flexibility index (Phi) is 9.29. The molecule has 0 unspecified atom stereocenters. The molecule has 2 fully saturated rings. The van der Waals surface area contributed by atoms with Gasteiger partial charge in [-0.2, -0.15) is 13.2 Å². The van der Waals surface area contributed by atoms with Gasteiger partial charge in [0.2, 0.25) is 5.91 Å². The van der Waals surface area contributed by atoms with Crippen molar-refractivity contribution in [2.75, 3.05) is 41.0 Å². The molecule has 0 radical (unpaired) electrons. The lowest BCUT2D eigenvalue weighted by Crippen LogP contribution is -2.51. The Bertz CT molecular complexity index is 774. The van der Waals surface area contributed by atoms with Crippen molar-refractivity contribution in [2.24, 2.45) is 0 Å². The summed E-state index contributed by atoms with van der Waals surface area (Å²) < 4.78 is 48.9. The molecule has 1 amide bonds. The van der Waals surface area contributed by atoms with Gasteiger partial charge in [0.1, 0.15) is 12.4 Å². The second kappa shape index (κ2) is 11.5. The third-order valence-electron chi connectivity index (χ3n) is 5.33. The predicted octanol–water partition coefficient (Wildman–Crippen LogP) is 2.17. The minimum atomic E-state index is -5.08. The molecule has 1 aromatic rings. The smallest absolute Gasteiger partial charge is 0.490 e. The van der Waals surface area contributed by atoms with Gasteiger partial charge in [0.05, 0.1) is 25.9 Å². The fraction of sp³-hybridized carbons (Fsp3) is 0.619. The number of carboxylic acid groups (broad SMARTS) is 1. The van der Waals surface area contributed by atoms with Gasteiger partial charge >= 0.3 is 12.1 Å². The number of alkyl halides is 3. The van der Waals surface area contributed by atoms with Crippen molar-refractivity contribution in [3.8, 4) is 5.75 Å². The molecule has 8 nitrogen and oxygen atoms in total. The number of carboxylic acids is 1. The van der Waals surface area contributed by atoms with Crippen LogP contribution in [0.4, 0.5) is 13.2 Å².